The normalized spacial score (nSPS) is 11.2. The quantitative estimate of drug-likeness (QED) is 0.552. The monoisotopic (exact) mass is 398 g/mol. The number of anilines is 1. The van der Waals surface area contributed by atoms with E-state index >= 15 is 0 Å². The Morgan fingerprint density at radius 1 is 1.16 bits per heavy atom. The van der Waals surface area contributed by atoms with Gasteiger partial charge in [-0.1, -0.05) is 23.2 Å². The van der Waals surface area contributed by atoms with E-state index in [2.05, 4.69) is 10.0 Å². The fraction of sp³-hybridized carbons (Fsp3) is 0.235. The van der Waals surface area contributed by atoms with Crippen molar-refractivity contribution in [1.82, 2.24) is 5.32 Å². The van der Waals surface area contributed by atoms with Gasteiger partial charge >= 0.3 is 0 Å². The summed E-state index contributed by atoms with van der Waals surface area (Å²) < 4.78 is 25.3. The second-order valence-corrected chi connectivity index (χ2v) is 8.83. The molecule has 0 atom stereocenters. The van der Waals surface area contributed by atoms with Gasteiger partial charge in [-0.3, -0.25) is 9.52 Å². The molecule has 0 aliphatic heterocycles. The van der Waals surface area contributed by atoms with Crippen molar-refractivity contribution in [3.05, 3.63) is 58.6 Å². The largest absolute Gasteiger partial charge is 0.351 e. The summed E-state index contributed by atoms with van der Waals surface area (Å²) in [4.78, 5) is 13.5. The zero-order valence-electron chi connectivity index (χ0n) is 13.9. The van der Waals surface area contributed by atoms with Crippen molar-refractivity contribution in [3.8, 4) is 0 Å². The second-order valence-electron chi connectivity index (χ2n) is 5.48. The molecule has 0 fully saturated rings. The molecular weight excluding hydrogens is 380 g/mol. The fourth-order valence-corrected chi connectivity index (χ4v) is 3.57. The molecule has 25 heavy (non-hydrogen) atoms. The summed E-state index contributed by atoms with van der Waals surface area (Å²) in [6.45, 7) is 2.30. The molecule has 0 aliphatic carbocycles. The van der Waals surface area contributed by atoms with E-state index in [1.165, 1.54) is 0 Å². The molecule has 0 bridgehead atoms. The molecule has 0 unspecified atom stereocenters. The van der Waals surface area contributed by atoms with E-state index in [1.54, 1.807) is 30.0 Å². The smallest absolute Gasteiger partial charge is 0.253 e. The van der Waals surface area contributed by atoms with Crippen LogP contribution >= 0.6 is 23.4 Å². The highest BCUT2D eigenvalue weighted by atomic mass is 35.5. The number of hydrogen-bond acceptors (Lipinski definition) is 4. The van der Waals surface area contributed by atoms with Gasteiger partial charge in [0, 0.05) is 22.2 Å². The zero-order valence-corrected chi connectivity index (χ0v) is 16.3. The minimum Gasteiger partial charge on any atom is -0.351 e. The Balaban J connectivity index is 1.96. The van der Waals surface area contributed by atoms with Gasteiger partial charge in [-0.05, 0) is 43.3 Å². The first-order valence-electron chi connectivity index (χ1n) is 7.49. The molecule has 8 heteroatoms. The third kappa shape index (κ3) is 6.61. The Hall–Kier alpha value is -1.70. The molecule has 0 heterocycles. The van der Waals surface area contributed by atoms with E-state index in [9.17, 15) is 13.2 Å². The lowest BCUT2D eigenvalue weighted by Gasteiger charge is -2.12. The summed E-state index contributed by atoms with van der Waals surface area (Å²) in [5, 5.41) is 3.50. The van der Waals surface area contributed by atoms with Crippen LogP contribution in [0.5, 0.6) is 0 Å². The van der Waals surface area contributed by atoms with Crippen LogP contribution in [0.1, 0.15) is 15.9 Å². The number of sulfonamides is 1. The minimum atomic E-state index is -3.46. The first kappa shape index (κ1) is 19.6. The van der Waals surface area contributed by atoms with Crippen LogP contribution in [-0.4, -0.2) is 32.9 Å². The van der Waals surface area contributed by atoms with Gasteiger partial charge in [-0.25, -0.2) is 8.42 Å². The van der Waals surface area contributed by atoms with Crippen molar-refractivity contribution in [2.45, 2.75) is 11.8 Å². The summed E-state index contributed by atoms with van der Waals surface area (Å²) in [7, 11) is -3.46. The van der Waals surface area contributed by atoms with Gasteiger partial charge in [0.25, 0.3) is 5.91 Å². The van der Waals surface area contributed by atoms with E-state index in [1.807, 2.05) is 31.2 Å². The molecule has 0 radical (unpaired) electrons. The third-order valence-electron chi connectivity index (χ3n) is 3.19. The summed E-state index contributed by atoms with van der Waals surface area (Å²) in [6.07, 6.45) is 1.05. The zero-order chi connectivity index (χ0) is 18.4. The Morgan fingerprint density at radius 2 is 1.84 bits per heavy atom. The third-order valence-corrected chi connectivity index (χ3v) is 5.04. The Morgan fingerprint density at radius 3 is 2.48 bits per heavy atom. The molecule has 2 N–H and O–H groups in total. The number of carbonyl (C=O) groups is 1. The maximum atomic E-state index is 12.4. The van der Waals surface area contributed by atoms with Crippen LogP contribution in [0, 0.1) is 6.92 Å². The highest BCUT2D eigenvalue weighted by Crippen LogP contribution is 2.21. The maximum absolute atomic E-state index is 12.4. The van der Waals surface area contributed by atoms with Gasteiger partial charge in [0.2, 0.25) is 10.0 Å². The van der Waals surface area contributed by atoms with Crippen molar-refractivity contribution in [2.75, 3.05) is 23.3 Å². The van der Waals surface area contributed by atoms with Gasteiger partial charge in [-0.2, -0.15) is 0 Å². The van der Waals surface area contributed by atoms with Crippen molar-refractivity contribution in [1.29, 1.82) is 0 Å². The topological polar surface area (TPSA) is 75.3 Å². The Bertz CT molecular complexity index is 853. The summed E-state index contributed by atoms with van der Waals surface area (Å²) in [5.41, 5.74) is 1.46. The van der Waals surface area contributed by atoms with Gasteiger partial charge in [0.05, 0.1) is 17.5 Å². The van der Waals surface area contributed by atoms with Crippen LogP contribution in [-0.2, 0) is 10.0 Å². The van der Waals surface area contributed by atoms with Crippen LogP contribution in [0.15, 0.2) is 47.4 Å². The number of thioether (sulfide) groups is 1. The predicted octanol–water partition coefficient (Wildman–Crippen LogP) is 3.54. The van der Waals surface area contributed by atoms with Crippen LogP contribution in [0.4, 0.5) is 5.69 Å². The second kappa shape index (κ2) is 8.60. The SMILES string of the molecule is Cc1ccc(NS(C)(=O)=O)c(C(=O)NCCSc2ccc(Cl)cc2)c1. The minimum absolute atomic E-state index is 0.274. The van der Waals surface area contributed by atoms with Crippen molar-refractivity contribution < 1.29 is 13.2 Å². The molecular formula is C17H19ClN2O3S2. The van der Waals surface area contributed by atoms with E-state index in [-0.39, 0.29) is 11.6 Å². The molecule has 2 rings (SSSR count). The van der Waals surface area contributed by atoms with E-state index in [4.69, 9.17) is 11.6 Å². The van der Waals surface area contributed by atoms with Crippen molar-refractivity contribution in [2.24, 2.45) is 0 Å². The summed E-state index contributed by atoms with van der Waals surface area (Å²) in [5.74, 6) is 0.375. The highest BCUT2D eigenvalue weighted by Gasteiger charge is 2.14. The standard InChI is InChI=1S/C17H19ClN2O3S2/c1-12-3-8-16(20-25(2,22)23)15(11-12)17(21)19-9-10-24-14-6-4-13(18)5-7-14/h3-8,11,20H,9-10H2,1-2H3,(H,19,21). The number of rotatable bonds is 7. The molecule has 134 valence electrons. The number of aryl methyl sites for hydroxylation is 1. The van der Waals surface area contributed by atoms with E-state index in [0.717, 1.165) is 16.7 Å². The molecule has 0 saturated carbocycles. The van der Waals surface area contributed by atoms with Crippen LogP contribution in [0.2, 0.25) is 5.02 Å². The van der Waals surface area contributed by atoms with E-state index in [0.29, 0.717) is 22.9 Å². The molecule has 0 aliphatic rings. The van der Waals surface area contributed by atoms with Gasteiger partial charge < -0.3 is 5.32 Å². The first-order valence-corrected chi connectivity index (χ1v) is 10.7. The Kier molecular flexibility index (Phi) is 6.75. The van der Waals surface area contributed by atoms with Crippen molar-refractivity contribution in [3.63, 3.8) is 0 Å². The summed E-state index contributed by atoms with van der Waals surface area (Å²) in [6, 6.07) is 12.5. The maximum Gasteiger partial charge on any atom is 0.253 e. The van der Waals surface area contributed by atoms with Gasteiger partial charge in [0.1, 0.15) is 0 Å². The molecule has 2 aromatic carbocycles. The lowest BCUT2D eigenvalue weighted by atomic mass is 10.1. The van der Waals surface area contributed by atoms with Crippen LogP contribution in [0.25, 0.3) is 0 Å². The number of hydrogen-bond donors (Lipinski definition) is 2. The first-order chi connectivity index (χ1) is 11.7. The van der Waals surface area contributed by atoms with Gasteiger partial charge in [0.15, 0.2) is 0 Å². The molecule has 0 spiro atoms. The molecule has 0 aromatic heterocycles. The van der Waals surface area contributed by atoms with Gasteiger partial charge in [-0.15, -0.1) is 11.8 Å². The average Bonchev–Trinajstić information content (AvgIpc) is 2.53. The predicted molar refractivity (Wildman–Crippen MR) is 104 cm³/mol. The summed E-state index contributed by atoms with van der Waals surface area (Å²) >= 11 is 7.44. The lowest BCUT2D eigenvalue weighted by Crippen LogP contribution is -2.27. The number of halogens is 1. The molecule has 0 saturated heterocycles. The highest BCUT2D eigenvalue weighted by molar-refractivity contribution is 7.99. The van der Waals surface area contributed by atoms with E-state index < -0.39 is 10.0 Å². The molecule has 1 amide bonds. The lowest BCUT2D eigenvalue weighted by molar-refractivity contribution is 0.0957. The van der Waals surface area contributed by atoms with Crippen molar-refractivity contribution >= 4 is 45.0 Å². The van der Waals surface area contributed by atoms with Crippen LogP contribution in [0.3, 0.4) is 0 Å². The fourth-order valence-electron chi connectivity index (χ4n) is 2.09. The molecule has 2 aromatic rings. The molecule has 5 nitrogen and oxygen atoms in total. The Labute approximate surface area is 157 Å². The number of benzene rings is 2. The average molecular weight is 399 g/mol. The van der Waals surface area contributed by atoms with Crippen LogP contribution < -0.4 is 10.0 Å². The number of nitrogens with one attached hydrogen (secondary N) is 2. The number of carbonyl (C=O) groups excluding carboxylic acids is 1. The number of amides is 1.